The Bertz CT molecular complexity index is 676. The second kappa shape index (κ2) is 6.68. The molecular formula is C17H23N3O. The topological polar surface area (TPSA) is 46.9 Å². The lowest BCUT2D eigenvalue weighted by Crippen LogP contribution is -2.32. The summed E-state index contributed by atoms with van der Waals surface area (Å²) >= 11 is 0. The molecule has 0 aliphatic carbocycles. The van der Waals surface area contributed by atoms with Crippen LogP contribution in [0.4, 0.5) is 0 Å². The third kappa shape index (κ3) is 3.58. The second-order valence-electron chi connectivity index (χ2n) is 5.36. The number of aryl methyl sites for hydroxylation is 3. The Hall–Kier alpha value is -1.94. The van der Waals surface area contributed by atoms with E-state index in [1.54, 1.807) is 10.6 Å². The van der Waals surface area contributed by atoms with Gasteiger partial charge in [-0.2, -0.15) is 0 Å². The monoisotopic (exact) mass is 285 g/mol. The van der Waals surface area contributed by atoms with Crippen molar-refractivity contribution in [2.24, 2.45) is 0 Å². The molecule has 0 bridgehead atoms. The van der Waals surface area contributed by atoms with Crippen molar-refractivity contribution >= 4 is 0 Å². The molecule has 1 aromatic heterocycles. The number of nitrogens with zero attached hydrogens (tertiary/aromatic N) is 2. The van der Waals surface area contributed by atoms with Crippen LogP contribution in [0.5, 0.6) is 0 Å². The molecule has 4 heteroatoms. The van der Waals surface area contributed by atoms with E-state index in [2.05, 4.69) is 36.3 Å². The van der Waals surface area contributed by atoms with Gasteiger partial charge in [0, 0.05) is 18.3 Å². The maximum Gasteiger partial charge on any atom is 0.253 e. The average molecular weight is 285 g/mol. The molecule has 0 amide bonds. The van der Waals surface area contributed by atoms with Crippen LogP contribution in [0, 0.1) is 20.8 Å². The van der Waals surface area contributed by atoms with Gasteiger partial charge in [-0.15, -0.1) is 0 Å². The van der Waals surface area contributed by atoms with Gasteiger partial charge in [0.1, 0.15) is 5.82 Å². The van der Waals surface area contributed by atoms with Crippen LogP contribution in [-0.4, -0.2) is 16.1 Å². The summed E-state index contributed by atoms with van der Waals surface area (Å²) < 4.78 is 1.74. The number of aromatic nitrogens is 2. The van der Waals surface area contributed by atoms with Gasteiger partial charge in [-0.05, 0) is 38.4 Å². The number of nitrogens with one attached hydrogen (secondary N) is 1. The van der Waals surface area contributed by atoms with Crippen LogP contribution in [-0.2, 0) is 6.54 Å². The first kappa shape index (κ1) is 15.4. The number of hydrogen-bond donors (Lipinski definition) is 1. The average Bonchev–Trinajstić information content (AvgIpc) is 2.42. The molecule has 0 fully saturated rings. The molecule has 21 heavy (non-hydrogen) atoms. The van der Waals surface area contributed by atoms with Crippen molar-refractivity contribution < 1.29 is 0 Å². The lowest BCUT2D eigenvalue weighted by molar-refractivity contribution is 0.454. The third-order valence-electron chi connectivity index (χ3n) is 3.71. The normalized spacial score (nSPS) is 12.4. The summed E-state index contributed by atoms with van der Waals surface area (Å²) in [5.74, 6) is 0.761. The highest BCUT2D eigenvalue weighted by atomic mass is 16.1. The van der Waals surface area contributed by atoms with E-state index < -0.39 is 0 Å². The summed E-state index contributed by atoms with van der Waals surface area (Å²) in [5, 5.41) is 3.47. The number of likely N-dealkylation sites (N-methyl/N-ethyl adjacent to an activating group) is 1. The Labute approximate surface area is 125 Å². The minimum Gasteiger partial charge on any atom is -0.309 e. The Kier molecular flexibility index (Phi) is 4.91. The van der Waals surface area contributed by atoms with Crippen LogP contribution in [0.25, 0.3) is 0 Å². The van der Waals surface area contributed by atoms with E-state index in [0.717, 1.165) is 18.1 Å². The highest BCUT2D eigenvalue weighted by molar-refractivity contribution is 5.28. The van der Waals surface area contributed by atoms with Gasteiger partial charge in [0.2, 0.25) is 0 Å². The van der Waals surface area contributed by atoms with Crippen molar-refractivity contribution in [2.75, 3.05) is 6.54 Å². The van der Waals surface area contributed by atoms with Gasteiger partial charge in [0.05, 0.1) is 6.04 Å². The van der Waals surface area contributed by atoms with Crippen LogP contribution in [0.15, 0.2) is 35.1 Å². The van der Waals surface area contributed by atoms with Gasteiger partial charge >= 0.3 is 0 Å². The Morgan fingerprint density at radius 1 is 1.24 bits per heavy atom. The Morgan fingerprint density at radius 3 is 2.57 bits per heavy atom. The highest BCUT2D eigenvalue weighted by Crippen LogP contribution is 2.19. The van der Waals surface area contributed by atoms with Crippen LogP contribution >= 0.6 is 0 Å². The lowest BCUT2D eigenvalue weighted by atomic mass is 10.0. The standard InChI is InChI=1S/C17H23N3O/c1-5-18-16(15-9-7-6-8-12(15)2)11-20-14(4)19-13(3)10-17(20)21/h6-10,16,18H,5,11H2,1-4H3. The minimum absolute atomic E-state index is 0.0106. The molecule has 1 heterocycles. The first-order valence-corrected chi connectivity index (χ1v) is 7.37. The molecular weight excluding hydrogens is 262 g/mol. The molecule has 0 radical (unpaired) electrons. The van der Waals surface area contributed by atoms with Gasteiger partial charge in [-0.3, -0.25) is 9.36 Å². The molecule has 4 nitrogen and oxygen atoms in total. The van der Waals surface area contributed by atoms with Crippen LogP contribution in [0.2, 0.25) is 0 Å². The number of hydrogen-bond acceptors (Lipinski definition) is 3. The van der Waals surface area contributed by atoms with Gasteiger partial charge in [-0.1, -0.05) is 31.2 Å². The molecule has 1 unspecified atom stereocenters. The predicted molar refractivity (Wildman–Crippen MR) is 85.6 cm³/mol. The molecule has 0 saturated carbocycles. The van der Waals surface area contributed by atoms with Gasteiger partial charge in [0.25, 0.3) is 5.56 Å². The molecule has 2 aromatic rings. The zero-order valence-corrected chi connectivity index (χ0v) is 13.2. The molecule has 1 atom stereocenters. The van der Waals surface area contributed by atoms with Gasteiger partial charge in [-0.25, -0.2) is 4.98 Å². The van der Waals surface area contributed by atoms with Gasteiger partial charge < -0.3 is 5.32 Å². The van der Waals surface area contributed by atoms with E-state index in [0.29, 0.717) is 6.54 Å². The number of rotatable bonds is 5. The van der Waals surface area contributed by atoms with Crippen LogP contribution in [0.3, 0.4) is 0 Å². The SMILES string of the molecule is CCNC(Cn1c(C)nc(C)cc1=O)c1ccccc1C. The predicted octanol–water partition coefficient (Wildman–Crippen LogP) is 2.52. The smallest absolute Gasteiger partial charge is 0.253 e. The van der Waals surface area contributed by atoms with E-state index in [1.807, 2.05) is 26.0 Å². The second-order valence-corrected chi connectivity index (χ2v) is 5.36. The first-order chi connectivity index (χ1) is 10.0. The Morgan fingerprint density at radius 2 is 1.95 bits per heavy atom. The van der Waals surface area contributed by atoms with Gasteiger partial charge in [0.15, 0.2) is 0 Å². The summed E-state index contributed by atoms with van der Waals surface area (Å²) in [6.07, 6.45) is 0. The molecule has 112 valence electrons. The van der Waals surface area contributed by atoms with Crippen molar-refractivity contribution in [2.45, 2.75) is 40.3 Å². The van der Waals surface area contributed by atoms with E-state index in [4.69, 9.17) is 0 Å². The van der Waals surface area contributed by atoms with Crippen molar-refractivity contribution in [3.8, 4) is 0 Å². The zero-order valence-electron chi connectivity index (χ0n) is 13.2. The maximum absolute atomic E-state index is 12.2. The summed E-state index contributed by atoms with van der Waals surface area (Å²) in [4.78, 5) is 16.6. The fourth-order valence-corrected chi connectivity index (χ4v) is 2.67. The summed E-state index contributed by atoms with van der Waals surface area (Å²) in [6, 6.07) is 9.99. The number of benzene rings is 1. The fraction of sp³-hybridized carbons (Fsp3) is 0.412. The fourth-order valence-electron chi connectivity index (χ4n) is 2.67. The summed E-state index contributed by atoms with van der Waals surface area (Å²) in [5.41, 5.74) is 3.24. The molecule has 1 N–H and O–H groups in total. The first-order valence-electron chi connectivity index (χ1n) is 7.37. The third-order valence-corrected chi connectivity index (χ3v) is 3.71. The minimum atomic E-state index is 0.0106. The van der Waals surface area contributed by atoms with Crippen molar-refractivity contribution in [3.05, 3.63) is 63.3 Å². The molecule has 0 saturated heterocycles. The van der Waals surface area contributed by atoms with Crippen molar-refractivity contribution in [1.29, 1.82) is 0 Å². The molecule has 1 aromatic carbocycles. The quantitative estimate of drug-likeness (QED) is 0.918. The lowest BCUT2D eigenvalue weighted by Gasteiger charge is -2.22. The summed E-state index contributed by atoms with van der Waals surface area (Å²) in [7, 11) is 0. The summed E-state index contributed by atoms with van der Waals surface area (Å²) in [6.45, 7) is 9.36. The Balaban J connectivity index is 2.38. The zero-order chi connectivity index (χ0) is 15.4. The molecule has 0 aliphatic rings. The largest absolute Gasteiger partial charge is 0.309 e. The van der Waals surface area contributed by atoms with E-state index in [-0.39, 0.29) is 11.6 Å². The van der Waals surface area contributed by atoms with E-state index in [1.165, 1.54) is 11.1 Å². The molecule has 0 aliphatic heterocycles. The van der Waals surface area contributed by atoms with E-state index >= 15 is 0 Å². The van der Waals surface area contributed by atoms with Crippen molar-refractivity contribution in [1.82, 2.24) is 14.9 Å². The molecule has 0 spiro atoms. The highest BCUT2D eigenvalue weighted by Gasteiger charge is 2.15. The van der Waals surface area contributed by atoms with Crippen LogP contribution in [0.1, 0.15) is 35.6 Å². The maximum atomic E-state index is 12.2. The van der Waals surface area contributed by atoms with Crippen molar-refractivity contribution in [3.63, 3.8) is 0 Å². The molecule has 2 rings (SSSR count). The van der Waals surface area contributed by atoms with Crippen LogP contribution < -0.4 is 10.9 Å². The van der Waals surface area contributed by atoms with E-state index in [9.17, 15) is 4.79 Å².